The van der Waals surface area contributed by atoms with E-state index in [0.717, 1.165) is 6.42 Å². The van der Waals surface area contributed by atoms with E-state index in [4.69, 9.17) is 14.2 Å². The maximum Gasteiger partial charge on any atom is 0.255 e. The number of ether oxygens (including phenoxy) is 3. The molecule has 1 saturated heterocycles. The van der Waals surface area contributed by atoms with Gasteiger partial charge in [-0.2, -0.15) is 0 Å². The number of nitrogens with zero attached hydrogens (tertiary/aromatic N) is 1. The number of carbonyl (C=O) groups excluding carboxylic acids is 1. The molecule has 0 aliphatic carbocycles. The Balaban J connectivity index is 1.81. The average Bonchev–Trinajstić information content (AvgIpc) is 2.76. The molecule has 1 fully saturated rings. The molecular formula is C23H30N2O6S. The summed E-state index contributed by atoms with van der Waals surface area (Å²) in [5.41, 5.74) is 1.52. The van der Waals surface area contributed by atoms with Crippen molar-refractivity contribution in [2.45, 2.75) is 33.6 Å². The van der Waals surface area contributed by atoms with Crippen LogP contribution in [0.15, 0.2) is 36.4 Å². The van der Waals surface area contributed by atoms with E-state index < -0.39 is 10.0 Å². The highest BCUT2D eigenvalue weighted by Crippen LogP contribution is 2.39. The van der Waals surface area contributed by atoms with E-state index in [2.05, 4.69) is 5.32 Å². The first-order valence-corrected chi connectivity index (χ1v) is 12.5. The van der Waals surface area contributed by atoms with Gasteiger partial charge in [-0.15, -0.1) is 0 Å². The van der Waals surface area contributed by atoms with Crippen LogP contribution in [0.4, 0.5) is 11.4 Å². The summed E-state index contributed by atoms with van der Waals surface area (Å²) in [5.74, 6) is 1.17. The lowest BCUT2D eigenvalue weighted by Gasteiger charge is -2.28. The molecule has 0 unspecified atom stereocenters. The van der Waals surface area contributed by atoms with Crippen LogP contribution in [0, 0.1) is 0 Å². The summed E-state index contributed by atoms with van der Waals surface area (Å²) in [5, 5.41) is 2.84. The summed E-state index contributed by atoms with van der Waals surface area (Å²) < 4.78 is 43.0. The number of hydrogen-bond acceptors (Lipinski definition) is 6. The lowest BCUT2D eigenvalue weighted by molar-refractivity contribution is 0.102. The van der Waals surface area contributed by atoms with E-state index in [9.17, 15) is 13.2 Å². The summed E-state index contributed by atoms with van der Waals surface area (Å²) in [6, 6.07) is 10.0. The van der Waals surface area contributed by atoms with Gasteiger partial charge in [0.2, 0.25) is 15.8 Å². The molecule has 1 aliphatic heterocycles. The van der Waals surface area contributed by atoms with Crippen LogP contribution in [0.1, 0.15) is 44.0 Å². The number of rotatable bonds is 9. The topological polar surface area (TPSA) is 94.2 Å². The van der Waals surface area contributed by atoms with Crippen molar-refractivity contribution in [3.05, 3.63) is 42.0 Å². The molecule has 0 aromatic heterocycles. The van der Waals surface area contributed by atoms with Crippen LogP contribution in [0.3, 0.4) is 0 Å². The van der Waals surface area contributed by atoms with Crippen molar-refractivity contribution >= 4 is 27.3 Å². The van der Waals surface area contributed by atoms with Gasteiger partial charge in [0.25, 0.3) is 5.91 Å². The van der Waals surface area contributed by atoms with Gasteiger partial charge >= 0.3 is 0 Å². The average molecular weight is 463 g/mol. The molecule has 0 saturated carbocycles. The second-order valence-electron chi connectivity index (χ2n) is 7.20. The molecule has 1 aliphatic rings. The fourth-order valence-corrected chi connectivity index (χ4v) is 5.15. The minimum atomic E-state index is -3.28. The predicted octanol–water partition coefficient (Wildman–Crippen LogP) is 4.07. The Bertz CT molecular complexity index is 1010. The first-order valence-electron chi connectivity index (χ1n) is 10.9. The van der Waals surface area contributed by atoms with Crippen molar-refractivity contribution in [2.24, 2.45) is 0 Å². The molecule has 1 amide bonds. The third-order valence-corrected chi connectivity index (χ3v) is 6.80. The van der Waals surface area contributed by atoms with Gasteiger partial charge in [0.15, 0.2) is 11.5 Å². The van der Waals surface area contributed by atoms with Crippen molar-refractivity contribution in [1.29, 1.82) is 0 Å². The standard InChI is InChI=1S/C23H30N2O6S/c1-4-29-20-15-17(16-21(30-5-2)22(20)31-6-3)23(26)24-18-9-11-19(12-10-18)25-13-7-8-14-32(25,27)28/h9-12,15-16H,4-8,13-14H2,1-3H3,(H,24,26). The van der Waals surface area contributed by atoms with Gasteiger partial charge in [0, 0.05) is 17.8 Å². The van der Waals surface area contributed by atoms with Crippen molar-refractivity contribution in [2.75, 3.05) is 41.7 Å². The molecular weight excluding hydrogens is 432 g/mol. The Morgan fingerprint density at radius 2 is 1.53 bits per heavy atom. The lowest BCUT2D eigenvalue weighted by Crippen LogP contribution is -2.37. The fourth-order valence-electron chi connectivity index (χ4n) is 3.51. The summed E-state index contributed by atoms with van der Waals surface area (Å²) in [7, 11) is -3.28. The van der Waals surface area contributed by atoms with E-state index in [0.29, 0.717) is 67.0 Å². The van der Waals surface area contributed by atoms with E-state index in [1.165, 1.54) is 4.31 Å². The van der Waals surface area contributed by atoms with Gasteiger partial charge in [-0.3, -0.25) is 9.10 Å². The Labute approximate surface area is 189 Å². The zero-order valence-electron chi connectivity index (χ0n) is 18.7. The lowest BCUT2D eigenvalue weighted by atomic mass is 10.1. The first kappa shape index (κ1) is 23.7. The second kappa shape index (κ2) is 10.6. The smallest absolute Gasteiger partial charge is 0.255 e. The highest BCUT2D eigenvalue weighted by atomic mass is 32.2. The highest BCUT2D eigenvalue weighted by molar-refractivity contribution is 7.92. The number of amides is 1. The fraction of sp³-hybridized carbons (Fsp3) is 0.435. The Morgan fingerprint density at radius 1 is 0.938 bits per heavy atom. The van der Waals surface area contributed by atoms with Crippen LogP contribution < -0.4 is 23.8 Å². The van der Waals surface area contributed by atoms with Gasteiger partial charge in [0.1, 0.15) is 0 Å². The van der Waals surface area contributed by atoms with Crippen LogP contribution in [0.2, 0.25) is 0 Å². The van der Waals surface area contributed by atoms with E-state index in [1.807, 2.05) is 20.8 Å². The normalized spacial score (nSPS) is 15.2. The molecule has 1 N–H and O–H groups in total. The van der Waals surface area contributed by atoms with Crippen LogP contribution in [0.25, 0.3) is 0 Å². The van der Waals surface area contributed by atoms with Crippen molar-refractivity contribution in [1.82, 2.24) is 0 Å². The number of carbonyl (C=O) groups is 1. The van der Waals surface area contributed by atoms with E-state index in [1.54, 1.807) is 36.4 Å². The largest absolute Gasteiger partial charge is 0.490 e. The molecule has 0 spiro atoms. The molecule has 3 rings (SSSR count). The van der Waals surface area contributed by atoms with E-state index in [-0.39, 0.29) is 11.7 Å². The Kier molecular flexibility index (Phi) is 7.84. The maximum absolute atomic E-state index is 12.9. The maximum atomic E-state index is 12.9. The highest BCUT2D eigenvalue weighted by Gasteiger charge is 2.26. The number of hydrogen-bond donors (Lipinski definition) is 1. The number of sulfonamides is 1. The van der Waals surface area contributed by atoms with Gasteiger partial charge in [-0.1, -0.05) is 0 Å². The predicted molar refractivity (Wildman–Crippen MR) is 125 cm³/mol. The molecule has 8 nitrogen and oxygen atoms in total. The zero-order chi connectivity index (χ0) is 23.1. The summed E-state index contributed by atoms with van der Waals surface area (Å²) in [6.07, 6.45) is 1.52. The number of nitrogens with one attached hydrogen (secondary N) is 1. The van der Waals surface area contributed by atoms with Crippen LogP contribution in [0.5, 0.6) is 17.2 Å². The summed E-state index contributed by atoms with van der Waals surface area (Å²) in [6.45, 7) is 7.31. The third-order valence-electron chi connectivity index (χ3n) is 4.93. The zero-order valence-corrected chi connectivity index (χ0v) is 19.5. The first-order chi connectivity index (χ1) is 15.4. The second-order valence-corrected chi connectivity index (χ2v) is 9.21. The molecule has 174 valence electrons. The number of benzene rings is 2. The van der Waals surface area contributed by atoms with Gasteiger partial charge < -0.3 is 19.5 Å². The molecule has 2 aromatic carbocycles. The van der Waals surface area contributed by atoms with Crippen LogP contribution >= 0.6 is 0 Å². The molecule has 9 heteroatoms. The van der Waals surface area contributed by atoms with Crippen LogP contribution in [-0.4, -0.2) is 46.4 Å². The quantitative estimate of drug-likeness (QED) is 0.604. The van der Waals surface area contributed by atoms with Gasteiger partial charge in [-0.25, -0.2) is 8.42 Å². The minimum absolute atomic E-state index is 0.160. The molecule has 0 radical (unpaired) electrons. The van der Waals surface area contributed by atoms with Crippen molar-refractivity contribution in [3.8, 4) is 17.2 Å². The summed E-state index contributed by atoms with van der Waals surface area (Å²) >= 11 is 0. The third kappa shape index (κ3) is 5.45. The number of anilines is 2. The molecule has 2 aromatic rings. The van der Waals surface area contributed by atoms with Crippen molar-refractivity contribution in [3.63, 3.8) is 0 Å². The Hall–Kier alpha value is -2.94. The Morgan fingerprint density at radius 3 is 2.06 bits per heavy atom. The molecule has 32 heavy (non-hydrogen) atoms. The molecule has 0 bridgehead atoms. The van der Waals surface area contributed by atoms with E-state index >= 15 is 0 Å². The van der Waals surface area contributed by atoms with Crippen molar-refractivity contribution < 1.29 is 27.4 Å². The van der Waals surface area contributed by atoms with Gasteiger partial charge in [0.05, 0.1) is 31.3 Å². The van der Waals surface area contributed by atoms with Gasteiger partial charge in [-0.05, 0) is 70.0 Å². The SMILES string of the molecule is CCOc1cc(C(=O)Nc2ccc(N3CCCCS3(=O)=O)cc2)cc(OCC)c1OCC. The minimum Gasteiger partial charge on any atom is -0.490 e. The van der Waals surface area contributed by atoms with Crippen LogP contribution in [-0.2, 0) is 10.0 Å². The summed E-state index contributed by atoms with van der Waals surface area (Å²) in [4.78, 5) is 12.9. The molecule has 0 atom stereocenters. The molecule has 1 heterocycles. The monoisotopic (exact) mass is 462 g/mol.